The molecule has 4 aliphatic rings. The summed E-state index contributed by atoms with van der Waals surface area (Å²) in [7, 11) is 0. The van der Waals surface area contributed by atoms with Crippen LogP contribution in [0.15, 0.2) is 23.2 Å². The largest absolute Gasteiger partial charge is 0.490 e. The smallest absolute Gasteiger partial charge is 0.254 e. The van der Waals surface area contributed by atoms with E-state index in [1.165, 1.54) is 12.8 Å². The van der Waals surface area contributed by atoms with Crippen molar-refractivity contribution in [3.63, 3.8) is 0 Å². The van der Waals surface area contributed by atoms with Gasteiger partial charge in [0.2, 0.25) is 0 Å². The van der Waals surface area contributed by atoms with Crippen LogP contribution in [0.4, 0.5) is 0 Å². The summed E-state index contributed by atoms with van der Waals surface area (Å²) >= 11 is 0. The molecule has 5 heteroatoms. The molecule has 1 unspecified atom stereocenters. The molecular formula is C18H26N2O3. The van der Waals surface area contributed by atoms with Gasteiger partial charge in [-0.2, -0.15) is 0 Å². The molecule has 1 saturated heterocycles. The van der Waals surface area contributed by atoms with Crippen molar-refractivity contribution < 1.29 is 14.3 Å². The zero-order valence-electron chi connectivity index (χ0n) is 13.8. The maximum absolute atomic E-state index is 12.6. The number of hydrogen-bond acceptors (Lipinski definition) is 4. The normalized spacial score (nSPS) is 35.8. The first-order valence-electron chi connectivity index (χ1n) is 8.93. The van der Waals surface area contributed by atoms with Crippen LogP contribution >= 0.6 is 0 Å². The number of fused-ring (bicyclic) bond motifs is 1. The number of ether oxygens (including phenoxy) is 2. The molecule has 126 valence electrons. The van der Waals surface area contributed by atoms with Crippen LogP contribution in [0, 0.1) is 17.8 Å². The van der Waals surface area contributed by atoms with Gasteiger partial charge in [0.1, 0.15) is 19.0 Å². The van der Waals surface area contributed by atoms with E-state index in [-0.39, 0.29) is 5.91 Å². The third kappa shape index (κ3) is 2.87. The first kappa shape index (κ1) is 15.1. The van der Waals surface area contributed by atoms with E-state index in [9.17, 15) is 4.79 Å². The average Bonchev–Trinajstić information content (AvgIpc) is 3.11. The molecule has 2 heterocycles. The van der Waals surface area contributed by atoms with Crippen LogP contribution in [0.3, 0.4) is 0 Å². The standard InChI is InChI=1S/C18H26N2O3/c1-11-7-12-9-19-15(14(12)8-11)10-20-18(21)13-3-2-4-16-17(13)23-6-5-22-16/h3,11-12,14-15,19H,2,4-10H2,1H3,(H,20,21)/t11?,12-,14-,15+/m0/s1. The van der Waals surface area contributed by atoms with Crippen LogP contribution in [0.1, 0.15) is 32.6 Å². The molecule has 5 nitrogen and oxygen atoms in total. The van der Waals surface area contributed by atoms with Crippen LogP contribution in [-0.4, -0.2) is 38.3 Å². The van der Waals surface area contributed by atoms with Gasteiger partial charge >= 0.3 is 0 Å². The first-order chi connectivity index (χ1) is 11.2. The fraction of sp³-hybridized carbons (Fsp3) is 0.722. The summed E-state index contributed by atoms with van der Waals surface area (Å²) in [4.78, 5) is 12.6. The van der Waals surface area contributed by atoms with Gasteiger partial charge in [-0.3, -0.25) is 4.79 Å². The van der Waals surface area contributed by atoms with E-state index >= 15 is 0 Å². The highest BCUT2D eigenvalue weighted by atomic mass is 16.6. The molecule has 2 aliphatic carbocycles. The number of carbonyl (C=O) groups is 1. The summed E-state index contributed by atoms with van der Waals surface area (Å²) < 4.78 is 11.3. The predicted molar refractivity (Wildman–Crippen MR) is 86.4 cm³/mol. The maximum atomic E-state index is 12.6. The molecule has 0 aromatic heterocycles. The van der Waals surface area contributed by atoms with Gasteiger partial charge in [0.15, 0.2) is 5.76 Å². The summed E-state index contributed by atoms with van der Waals surface area (Å²) in [5.41, 5.74) is 0.653. The van der Waals surface area contributed by atoms with E-state index in [2.05, 4.69) is 17.6 Å². The van der Waals surface area contributed by atoms with Crippen molar-refractivity contribution in [3.05, 3.63) is 23.2 Å². The average molecular weight is 318 g/mol. The minimum atomic E-state index is -0.0287. The quantitative estimate of drug-likeness (QED) is 0.832. The second-order valence-electron chi connectivity index (χ2n) is 7.33. The molecule has 4 rings (SSSR count). The van der Waals surface area contributed by atoms with Gasteiger partial charge in [0.05, 0.1) is 5.57 Å². The van der Waals surface area contributed by atoms with E-state index in [1.807, 2.05) is 6.08 Å². The van der Waals surface area contributed by atoms with Crippen molar-refractivity contribution in [1.82, 2.24) is 10.6 Å². The van der Waals surface area contributed by atoms with Gasteiger partial charge in [0, 0.05) is 19.0 Å². The lowest BCUT2D eigenvalue weighted by molar-refractivity contribution is -0.118. The summed E-state index contributed by atoms with van der Waals surface area (Å²) in [6, 6.07) is 0.412. The fourth-order valence-electron chi connectivity index (χ4n) is 4.65. The molecule has 0 bridgehead atoms. The number of carbonyl (C=O) groups excluding carboxylic acids is 1. The summed E-state index contributed by atoms with van der Waals surface area (Å²) in [5, 5.41) is 6.71. The van der Waals surface area contributed by atoms with Crippen molar-refractivity contribution in [2.75, 3.05) is 26.3 Å². The molecule has 0 radical (unpaired) electrons. The van der Waals surface area contributed by atoms with Crippen molar-refractivity contribution in [3.8, 4) is 0 Å². The number of allylic oxidation sites excluding steroid dienone is 2. The van der Waals surface area contributed by atoms with Crippen molar-refractivity contribution >= 4 is 5.91 Å². The Labute approximate surface area is 137 Å². The monoisotopic (exact) mass is 318 g/mol. The Kier molecular flexibility index (Phi) is 4.05. The number of rotatable bonds is 3. The second-order valence-corrected chi connectivity index (χ2v) is 7.33. The van der Waals surface area contributed by atoms with Crippen molar-refractivity contribution in [1.29, 1.82) is 0 Å². The summed E-state index contributed by atoms with van der Waals surface area (Å²) in [6.07, 6.45) is 6.26. The molecule has 2 fully saturated rings. The van der Waals surface area contributed by atoms with Gasteiger partial charge in [-0.1, -0.05) is 13.0 Å². The van der Waals surface area contributed by atoms with Crippen LogP contribution in [-0.2, 0) is 14.3 Å². The lowest BCUT2D eigenvalue weighted by Crippen LogP contribution is -2.41. The van der Waals surface area contributed by atoms with Gasteiger partial charge in [0.25, 0.3) is 5.91 Å². The molecule has 4 atom stereocenters. The Balaban J connectivity index is 1.37. The fourth-order valence-corrected chi connectivity index (χ4v) is 4.65. The third-order valence-electron chi connectivity index (χ3n) is 5.70. The van der Waals surface area contributed by atoms with Crippen LogP contribution in [0.5, 0.6) is 0 Å². The Morgan fingerprint density at radius 1 is 1.35 bits per heavy atom. The molecule has 0 aromatic carbocycles. The van der Waals surface area contributed by atoms with E-state index in [0.717, 1.165) is 42.9 Å². The molecule has 2 aliphatic heterocycles. The summed E-state index contributed by atoms with van der Waals surface area (Å²) in [5.74, 6) is 3.81. The highest BCUT2D eigenvalue weighted by Crippen LogP contribution is 2.41. The summed E-state index contributed by atoms with van der Waals surface area (Å²) in [6.45, 7) is 5.25. The molecule has 2 N–H and O–H groups in total. The van der Waals surface area contributed by atoms with E-state index in [4.69, 9.17) is 9.47 Å². The molecule has 0 aromatic rings. The lowest BCUT2D eigenvalue weighted by Gasteiger charge is -2.26. The lowest BCUT2D eigenvalue weighted by atomic mass is 9.94. The van der Waals surface area contributed by atoms with Crippen LogP contribution < -0.4 is 10.6 Å². The Morgan fingerprint density at radius 2 is 2.22 bits per heavy atom. The van der Waals surface area contributed by atoms with Gasteiger partial charge in [-0.15, -0.1) is 0 Å². The molecule has 23 heavy (non-hydrogen) atoms. The first-order valence-corrected chi connectivity index (χ1v) is 8.93. The molecule has 0 spiro atoms. The Hall–Kier alpha value is -1.49. The second kappa shape index (κ2) is 6.19. The van der Waals surface area contributed by atoms with Crippen molar-refractivity contribution in [2.45, 2.75) is 38.6 Å². The van der Waals surface area contributed by atoms with Gasteiger partial charge in [-0.05, 0) is 43.6 Å². The zero-order chi connectivity index (χ0) is 15.8. The van der Waals surface area contributed by atoms with E-state index < -0.39 is 0 Å². The van der Waals surface area contributed by atoms with Crippen LogP contribution in [0.2, 0.25) is 0 Å². The Bertz CT molecular complexity index is 554. The molecular weight excluding hydrogens is 292 g/mol. The van der Waals surface area contributed by atoms with Gasteiger partial charge in [-0.25, -0.2) is 0 Å². The maximum Gasteiger partial charge on any atom is 0.254 e. The van der Waals surface area contributed by atoms with E-state index in [0.29, 0.717) is 37.1 Å². The topological polar surface area (TPSA) is 59.6 Å². The zero-order valence-corrected chi connectivity index (χ0v) is 13.8. The SMILES string of the molecule is CC1C[C@H]2CN[C@H](CNC(=O)C3=CCCC4=C3OCCO4)[C@H]2C1. The van der Waals surface area contributed by atoms with Crippen molar-refractivity contribution in [2.24, 2.45) is 17.8 Å². The highest BCUT2D eigenvalue weighted by molar-refractivity contribution is 5.97. The number of amides is 1. The minimum absolute atomic E-state index is 0.0287. The third-order valence-corrected chi connectivity index (χ3v) is 5.70. The van der Waals surface area contributed by atoms with Gasteiger partial charge < -0.3 is 20.1 Å². The predicted octanol–water partition coefficient (Wildman–Crippen LogP) is 1.72. The van der Waals surface area contributed by atoms with Crippen LogP contribution in [0.25, 0.3) is 0 Å². The highest BCUT2D eigenvalue weighted by Gasteiger charge is 2.41. The van der Waals surface area contributed by atoms with E-state index in [1.54, 1.807) is 0 Å². The minimum Gasteiger partial charge on any atom is -0.490 e. The molecule has 1 amide bonds. The number of hydrogen-bond donors (Lipinski definition) is 2. The Morgan fingerprint density at radius 3 is 3.13 bits per heavy atom. The number of nitrogens with one attached hydrogen (secondary N) is 2. The molecule has 1 saturated carbocycles.